The van der Waals surface area contributed by atoms with Crippen molar-refractivity contribution in [3.63, 3.8) is 0 Å². The van der Waals surface area contributed by atoms with E-state index in [0.29, 0.717) is 5.02 Å². The van der Waals surface area contributed by atoms with Gasteiger partial charge in [-0.3, -0.25) is 0 Å². The molecule has 4 heteroatoms. The Bertz CT molecular complexity index is 566. The van der Waals surface area contributed by atoms with Crippen molar-refractivity contribution in [3.05, 3.63) is 55.1 Å². The molecule has 2 N–H and O–H groups in total. The second-order valence-electron chi connectivity index (χ2n) is 5.63. The van der Waals surface area contributed by atoms with Crippen LogP contribution in [0.25, 0.3) is 0 Å². The summed E-state index contributed by atoms with van der Waals surface area (Å²) in [6, 6.07) is 9.97. The van der Waals surface area contributed by atoms with E-state index < -0.39 is 0 Å². The van der Waals surface area contributed by atoms with Crippen LogP contribution >= 0.6 is 38.9 Å². The van der Waals surface area contributed by atoms with Crippen molar-refractivity contribution >= 4 is 38.9 Å². The molecule has 0 amide bonds. The average Bonchev–Trinajstić information content (AvgIpc) is 2.75. The van der Waals surface area contributed by atoms with Crippen molar-refractivity contribution in [2.45, 2.75) is 32.2 Å². The fourth-order valence-electron chi connectivity index (χ4n) is 1.84. The molecule has 2 aromatic rings. The summed E-state index contributed by atoms with van der Waals surface area (Å²) < 4.78 is 0.957. The van der Waals surface area contributed by atoms with Gasteiger partial charge in [0.15, 0.2) is 0 Å². The SMILES string of the molecule is CC(C)(C)c1ccc(C(N)c2cc(Cl)cc(Br)c2)s1. The van der Waals surface area contributed by atoms with E-state index >= 15 is 0 Å². The van der Waals surface area contributed by atoms with Gasteiger partial charge in [-0.05, 0) is 41.3 Å². The Labute approximate surface area is 131 Å². The average molecular weight is 359 g/mol. The molecule has 0 radical (unpaired) electrons. The number of hydrogen-bond donors (Lipinski definition) is 1. The molecule has 1 atom stereocenters. The quantitative estimate of drug-likeness (QED) is 0.752. The van der Waals surface area contributed by atoms with Gasteiger partial charge >= 0.3 is 0 Å². The largest absolute Gasteiger partial charge is 0.320 e. The van der Waals surface area contributed by atoms with Crippen LogP contribution in [0.4, 0.5) is 0 Å². The van der Waals surface area contributed by atoms with Gasteiger partial charge in [-0.1, -0.05) is 48.3 Å². The molecule has 2 rings (SSSR count). The maximum Gasteiger partial charge on any atom is 0.0647 e. The summed E-state index contributed by atoms with van der Waals surface area (Å²) in [6.07, 6.45) is 0. The van der Waals surface area contributed by atoms with Gasteiger partial charge in [0.25, 0.3) is 0 Å². The normalized spacial score (nSPS) is 13.6. The molecule has 1 nitrogen and oxygen atoms in total. The number of thiophene rings is 1. The van der Waals surface area contributed by atoms with Crippen molar-refractivity contribution in [3.8, 4) is 0 Å². The molecule has 0 aliphatic carbocycles. The van der Waals surface area contributed by atoms with Crippen molar-refractivity contribution in [1.82, 2.24) is 0 Å². The highest BCUT2D eigenvalue weighted by atomic mass is 79.9. The van der Waals surface area contributed by atoms with Crippen molar-refractivity contribution in [1.29, 1.82) is 0 Å². The molecule has 1 heterocycles. The van der Waals surface area contributed by atoms with Crippen LogP contribution in [0.5, 0.6) is 0 Å². The Morgan fingerprint density at radius 1 is 1.21 bits per heavy atom. The first-order valence-electron chi connectivity index (χ1n) is 6.09. The van der Waals surface area contributed by atoms with Crippen LogP contribution in [0.15, 0.2) is 34.8 Å². The minimum absolute atomic E-state index is 0.129. The predicted molar refractivity (Wildman–Crippen MR) is 88.2 cm³/mol. The molecule has 19 heavy (non-hydrogen) atoms. The second-order valence-corrected chi connectivity index (χ2v) is 8.10. The minimum Gasteiger partial charge on any atom is -0.320 e. The standard InChI is InChI=1S/C15H17BrClNS/c1-15(2,3)13-5-4-12(19-13)14(18)9-6-10(16)8-11(17)7-9/h4-8,14H,18H2,1-3H3. The molecule has 102 valence electrons. The molecule has 0 saturated carbocycles. The fraction of sp³-hybridized carbons (Fsp3) is 0.333. The van der Waals surface area contributed by atoms with E-state index in [1.54, 1.807) is 11.3 Å². The smallest absolute Gasteiger partial charge is 0.0647 e. The molecule has 1 aromatic carbocycles. The lowest BCUT2D eigenvalue weighted by Crippen LogP contribution is -2.10. The second kappa shape index (κ2) is 5.57. The maximum absolute atomic E-state index is 6.34. The molecule has 0 saturated heterocycles. The first-order chi connectivity index (χ1) is 8.77. The first-order valence-corrected chi connectivity index (χ1v) is 8.08. The number of rotatable bonds is 2. The zero-order chi connectivity index (χ0) is 14.2. The van der Waals surface area contributed by atoms with Crippen LogP contribution in [0.1, 0.15) is 42.1 Å². The van der Waals surface area contributed by atoms with E-state index in [1.165, 1.54) is 9.75 Å². The molecule has 0 fully saturated rings. The van der Waals surface area contributed by atoms with E-state index in [-0.39, 0.29) is 11.5 Å². The summed E-state index contributed by atoms with van der Waals surface area (Å²) >= 11 is 11.3. The van der Waals surface area contributed by atoms with E-state index in [4.69, 9.17) is 17.3 Å². The summed E-state index contributed by atoms with van der Waals surface area (Å²) in [4.78, 5) is 2.51. The zero-order valence-corrected chi connectivity index (χ0v) is 14.4. The summed E-state index contributed by atoms with van der Waals surface area (Å²) in [5.74, 6) is 0. The minimum atomic E-state index is -0.129. The third-order valence-corrected chi connectivity index (χ3v) is 5.19. The van der Waals surface area contributed by atoms with Gasteiger partial charge in [0.1, 0.15) is 0 Å². The van der Waals surface area contributed by atoms with Crippen molar-refractivity contribution in [2.24, 2.45) is 5.73 Å². The Kier molecular flexibility index (Phi) is 4.41. The summed E-state index contributed by atoms with van der Waals surface area (Å²) in [5, 5.41) is 0.701. The lowest BCUT2D eigenvalue weighted by molar-refractivity contribution is 0.604. The molecule has 0 aliphatic rings. The van der Waals surface area contributed by atoms with E-state index in [0.717, 1.165) is 10.0 Å². The highest BCUT2D eigenvalue weighted by molar-refractivity contribution is 9.10. The molecule has 0 spiro atoms. The number of halogens is 2. The Morgan fingerprint density at radius 3 is 2.42 bits per heavy atom. The molecule has 0 bridgehead atoms. The summed E-state index contributed by atoms with van der Waals surface area (Å²) in [6.45, 7) is 6.64. The lowest BCUT2D eigenvalue weighted by Gasteiger charge is -2.16. The highest BCUT2D eigenvalue weighted by Crippen LogP contribution is 2.34. The van der Waals surface area contributed by atoms with Gasteiger partial charge in [0, 0.05) is 19.2 Å². The molecule has 0 aliphatic heterocycles. The van der Waals surface area contributed by atoms with Crippen LogP contribution in [0.2, 0.25) is 5.02 Å². The predicted octanol–water partition coefficient (Wildman–Crippen LogP) is 5.51. The maximum atomic E-state index is 6.34. The third-order valence-electron chi connectivity index (χ3n) is 2.92. The molecular weight excluding hydrogens is 342 g/mol. The van der Waals surface area contributed by atoms with E-state index in [2.05, 4.69) is 48.8 Å². The van der Waals surface area contributed by atoms with E-state index in [1.807, 2.05) is 18.2 Å². The van der Waals surface area contributed by atoms with E-state index in [9.17, 15) is 0 Å². The first kappa shape index (κ1) is 15.0. The van der Waals surface area contributed by atoms with Crippen LogP contribution < -0.4 is 5.73 Å². The van der Waals surface area contributed by atoms with Crippen LogP contribution in [0.3, 0.4) is 0 Å². The molecular formula is C15H17BrClNS. The highest BCUT2D eigenvalue weighted by Gasteiger charge is 2.19. The summed E-state index contributed by atoms with van der Waals surface area (Å²) in [5.41, 5.74) is 7.54. The van der Waals surface area contributed by atoms with Gasteiger partial charge in [-0.25, -0.2) is 0 Å². The van der Waals surface area contributed by atoms with Gasteiger partial charge in [-0.15, -0.1) is 11.3 Å². The Hall–Kier alpha value is -0.350. The van der Waals surface area contributed by atoms with Gasteiger partial charge in [-0.2, -0.15) is 0 Å². The van der Waals surface area contributed by atoms with Crippen LogP contribution in [-0.4, -0.2) is 0 Å². The topological polar surface area (TPSA) is 26.0 Å². The molecule has 1 aromatic heterocycles. The third kappa shape index (κ3) is 3.60. The van der Waals surface area contributed by atoms with Gasteiger partial charge < -0.3 is 5.73 Å². The van der Waals surface area contributed by atoms with Gasteiger partial charge in [0.2, 0.25) is 0 Å². The van der Waals surface area contributed by atoms with Crippen molar-refractivity contribution < 1.29 is 0 Å². The summed E-state index contributed by atoms with van der Waals surface area (Å²) in [7, 11) is 0. The van der Waals surface area contributed by atoms with Crippen molar-refractivity contribution in [2.75, 3.05) is 0 Å². The fourth-order valence-corrected chi connectivity index (χ4v) is 3.82. The Balaban J connectivity index is 2.33. The van der Waals surface area contributed by atoms with Crippen LogP contribution in [0, 0.1) is 0 Å². The Morgan fingerprint density at radius 2 is 1.89 bits per heavy atom. The van der Waals surface area contributed by atoms with Gasteiger partial charge in [0.05, 0.1) is 6.04 Å². The number of nitrogens with two attached hydrogens (primary N) is 1. The lowest BCUT2D eigenvalue weighted by atomic mass is 9.95. The monoisotopic (exact) mass is 357 g/mol. The number of benzene rings is 1. The molecule has 1 unspecified atom stereocenters. The van der Waals surface area contributed by atoms with Crippen LogP contribution in [-0.2, 0) is 5.41 Å². The zero-order valence-electron chi connectivity index (χ0n) is 11.2. The number of hydrogen-bond acceptors (Lipinski definition) is 2.